The zero-order valence-corrected chi connectivity index (χ0v) is 83.0. The number of amides is 19. The zero-order valence-electron chi connectivity index (χ0n) is 83.0. The smallest absolute Gasteiger partial charge is 0.326 e. The Balaban J connectivity index is 1.10. The number of nitrogens with one attached hydrogen (secondary N) is 16. The number of carbonyl (C=O) groups excluding carboxylic acids is 19. The molecule has 3 unspecified atom stereocenters. The van der Waals surface area contributed by atoms with Crippen molar-refractivity contribution < 1.29 is 116 Å². The number of phenols is 1. The first-order valence-corrected chi connectivity index (χ1v) is 48.5. The summed E-state index contributed by atoms with van der Waals surface area (Å²) in [4.78, 5) is 293. The lowest BCUT2D eigenvalue weighted by molar-refractivity contribution is -0.151. The quantitative estimate of drug-likeness (QED) is 0.0111. The van der Waals surface area contributed by atoms with Gasteiger partial charge in [0.2, 0.25) is 112 Å². The number of imidazole rings is 1. The number of H-pyrrole nitrogens is 1. The highest BCUT2D eigenvalue weighted by atomic mass is 16.4. The number of phenolic OH excluding ortho intramolecular Hbond substituents is 1. The van der Waals surface area contributed by atoms with E-state index in [9.17, 15) is 97.1 Å². The zero-order chi connectivity index (χ0) is 107. The van der Waals surface area contributed by atoms with Crippen molar-refractivity contribution in [2.45, 2.75) is 293 Å². The van der Waals surface area contributed by atoms with Crippen molar-refractivity contribution in [1.82, 2.24) is 99.1 Å². The van der Waals surface area contributed by atoms with Crippen LogP contribution in [0.15, 0.2) is 97.5 Å². The van der Waals surface area contributed by atoms with Gasteiger partial charge in [0.25, 0.3) is 0 Å². The van der Waals surface area contributed by atoms with Crippen LogP contribution in [-0.2, 0) is 122 Å². The number of aromatic nitrogens is 2. The van der Waals surface area contributed by atoms with Crippen LogP contribution in [0.1, 0.15) is 175 Å². The maximum Gasteiger partial charge on any atom is 0.326 e. The summed E-state index contributed by atoms with van der Waals surface area (Å²) in [5.41, 5.74) is 29.3. The molecule has 7 rings (SSSR count). The molecule has 3 fully saturated rings. The summed E-state index contributed by atoms with van der Waals surface area (Å²) < 4.78 is 0. The number of aromatic amines is 1. The molecular weight excluding hydrogens is 1890 g/mol. The second-order valence-electron chi connectivity index (χ2n) is 37.8. The molecule has 4 heterocycles. The molecule has 145 heavy (non-hydrogen) atoms. The van der Waals surface area contributed by atoms with E-state index in [-0.39, 0.29) is 121 Å². The van der Waals surface area contributed by atoms with Crippen molar-refractivity contribution in [2.24, 2.45) is 52.3 Å². The number of nitrogens with zero attached hydrogens (tertiary/aromatic N) is 4. The third-order valence-electron chi connectivity index (χ3n) is 25.3. The van der Waals surface area contributed by atoms with Gasteiger partial charge in [-0.15, -0.1) is 0 Å². The molecular formula is C96H141N25O24. The van der Waals surface area contributed by atoms with Gasteiger partial charge in [-0.05, 0) is 124 Å². The molecule has 20 atom stereocenters. The molecule has 30 N–H and O–H groups in total. The molecule has 0 radical (unpaired) electrons. The summed E-state index contributed by atoms with van der Waals surface area (Å²) in [7, 11) is 0. The average molecular weight is 2030 g/mol. The van der Waals surface area contributed by atoms with E-state index in [0.29, 0.717) is 23.1 Å². The van der Waals surface area contributed by atoms with E-state index in [1.54, 1.807) is 102 Å². The molecule has 49 nitrogen and oxygen atoms in total. The van der Waals surface area contributed by atoms with Crippen LogP contribution in [0.25, 0.3) is 0 Å². The number of likely N-dealkylation sites (tertiary alicyclic amines) is 3. The molecule has 3 aliphatic heterocycles. The SMILES string of the molecule is CCC(C)[C@H](NC(=O)[C@H](CC(N)=O)NC(=O)[C@H](Cc1ccc(O)cc1)NC(=O)[C@H](Cc1ccccc1)NC(=O)[C@H](Cc1ccccc1)NC(=O)[C@H](Cc1c[nH]cn1)NC(=O)[C@@H](NC(=O)[C@@H](NC(=O)[C@@H]1CCCN1C(=O)[C@H](CC(N)=O)NC(=O)[C@@H](N)CCC(N)=O)C(C)C)C(C)C)C(=O)N[C@H](C(=O)N[C@H](C(=O)N1CCC[C@H]1C(=O)N[C@@H](CCCNC(=N)N)C(=O)N[C@H](C(=O)N1CCC[C@H]1C(=O)O)C(C)O)C(C)O)C(C)C. The Kier molecular flexibility index (Phi) is 45.5. The number of aliphatic carboxylic acids is 1. The molecule has 0 bridgehead atoms. The van der Waals surface area contributed by atoms with E-state index in [1.807, 2.05) is 0 Å². The number of carboxylic acid groups (broad SMARTS) is 1. The monoisotopic (exact) mass is 2030 g/mol. The Bertz CT molecular complexity index is 5190. The number of hydrogen-bond donors (Lipinski definition) is 25. The standard InChI is InChI=1S/C96H141N25O24/c1-11-51(8)76(91(140)115-75(50(6)7)90(139)118-78(53(10)123)93(142)120-38-20-27-67(120)86(135)106-60(26-18-36-104-96(101)102)80(129)117-77(52(9)122)94(143)121-39-21-29-69(121)95(144)145)116-85(134)65(44-71(99)126)110-83(132)63(42-56-30-32-58(124)33-31-56)108-81(130)61(40-54-22-14-12-15-23-54)107-82(131)62(41-55-24-16-13-17-25-55)109-84(133)64(43-57-46-103-47-105-57)111-88(137)73(48(2)3)114-89(138)74(49(4)5)113-87(136)68-28-19-37-119(68)92(141)66(45-72(100)127)112-79(128)59(97)34-35-70(98)125/h12-17,22-25,30-33,46-53,59-69,73-78,122-124H,11,18-21,26-29,34-45,97H2,1-10H3,(H2,98,125)(H2,99,126)(H2,100,127)(H,103,105)(H,106,135)(H,107,131)(H,108,130)(H,109,133)(H,110,132)(H,111,137)(H,112,128)(H,113,136)(H,114,138)(H,115,140)(H,116,134)(H,117,129)(H,118,139)(H,144,145)(H4,101,102,104)/t51?,52?,53?,59-,60-,61-,62-,63-,64-,65-,66-,67-,68-,69-,73-,74-,75-,76-,77-,78-/m0/s1. The average Bonchev–Trinajstić information content (AvgIpc) is 1.73. The topological polar surface area (TPSA) is 783 Å². The van der Waals surface area contributed by atoms with Gasteiger partial charge in [-0.3, -0.25) is 96.5 Å². The summed E-state index contributed by atoms with van der Waals surface area (Å²) in [5, 5.41) is 86.4. The number of guanidine groups is 1. The Hall–Kier alpha value is -14.8. The molecule has 0 spiro atoms. The summed E-state index contributed by atoms with van der Waals surface area (Å²) >= 11 is 0. The molecule has 1 aromatic heterocycles. The lowest BCUT2D eigenvalue weighted by Gasteiger charge is -2.33. The number of hydrogen-bond acceptors (Lipinski definition) is 26. The van der Waals surface area contributed by atoms with E-state index in [2.05, 4.69) is 84.4 Å². The number of rotatable bonds is 56. The number of carboxylic acids is 1. The van der Waals surface area contributed by atoms with Crippen molar-refractivity contribution in [2.75, 3.05) is 26.2 Å². The summed E-state index contributed by atoms with van der Waals surface area (Å²) in [5.74, 6) is -23.4. The van der Waals surface area contributed by atoms with Crippen LogP contribution in [0.3, 0.4) is 0 Å². The van der Waals surface area contributed by atoms with Gasteiger partial charge in [0.05, 0.1) is 43.1 Å². The molecule has 3 aromatic carbocycles. The lowest BCUT2D eigenvalue weighted by atomic mass is 9.95. The fourth-order valence-electron chi connectivity index (χ4n) is 17.0. The number of aromatic hydroxyl groups is 1. The first kappa shape index (κ1) is 117. The van der Waals surface area contributed by atoms with Gasteiger partial charge in [0, 0.05) is 64.5 Å². The first-order valence-electron chi connectivity index (χ1n) is 48.5. The van der Waals surface area contributed by atoms with Crippen LogP contribution in [-0.4, -0.2) is 310 Å². The number of benzene rings is 3. The van der Waals surface area contributed by atoms with E-state index in [4.69, 9.17) is 34.1 Å². The fourth-order valence-corrected chi connectivity index (χ4v) is 17.0. The van der Waals surface area contributed by atoms with Crippen LogP contribution in [0, 0.1) is 29.1 Å². The maximum atomic E-state index is 15.4. The minimum absolute atomic E-state index is 0.00151. The van der Waals surface area contributed by atoms with Crippen LogP contribution in [0.5, 0.6) is 5.75 Å². The Morgan fingerprint density at radius 1 is 0.414 bits per heavy atom. The van der Waals surface area contributed by atoms with Gasteiger partial charge in [0.1, 0.15) is 102 Å². The van der Waals surface area contributed by atoms with Crippen molar-refractivity contribution in [3.05, 3.63) is 120 Å². The van der Waals surface area contributed by atoms with E-state index >= 15 is 19.2 Å². The molecule has 0 saturated carbocycles. The van der Waals surface area contributed by atoms with Crippen LogP contribution in [0.2, 0.25) is 0 Å². The van der Waals surface area contributed by atoms with Gasteiger partial charge in [-0.1, -0.05) is 135 Å². The lowest BCUT2D eigenvalue weighted by Crippen LogP contribution is -2.63. The Morgan fingerprint density at radius 2 is 0.779 bits per heavy atom. The van der Waals surface area contributed by atoms with Gasteiger partial charge < -0.3 is 143 Å². The molecule has 794 valence electrons. The molecule has 49 heteroatoms. The summed E-state index contributed by atoms with van der Waals surface area (Å²) in [6.45, 7) is 14.9. The largest absolute Gasteiger partial charge is 0.508 e. The second kappa shape index (κ2) is 56.3. The van der Waals surface area contributed by atoms with E-state index in [1.165, 1.54) is 64.5 Å². The van der Waals surface area contributed by atoms with Crippen LogP contribution >= 0.6 is 0 Å². The van der Waals surface area contributed by atoms with Crippen molar-refractivity contribution >= 4 is 124 Å². The first-order chi connectivity index (χ1) is 68.5. The number of aliphatic hydroxyl groups excluding tert-OH is 2. The van der Waals surface area contributed by atoms with Crippen molar-refractivity contribution in [3.8, 4) is 5.75 Å². The fraction of sp³-hybridized carbons (Fsp3) is 0.562. The minimum Gasteiger partial charge on any atom is -0.508 e. The number of primary amides is 3. The number of aliphatic hydroxyl groups is 2. The highest BCUT2D eigenvalue weighted by Crippen LogP contribution is 2.26. The van der Waals surface area contributed by atoms with Gasteiger partial charge >= 0.3 is 5.97 Å². The molecule has 19 amide bonds. The predicted molar refractivity (Wildman–Crippen MR) is 522 cm³/mol. The maximum absolute atomic E-state index is 15.4. The number of nitrogens with two attached hydrogens (primary N) is 5. The molecule has 4 aromatic rings. The molecule has 0 aliphatic carbocycles. The second-order valence-corrected chi connectivity index (χ2v) is 37.8. The van der Waals surface area contributed by atoms with Gasteiger partial charge in [-0.25, -0.2) is 9.78 Å². The normalized spacial score (nSPS) is 18.0. The van der Waals surface area contributed by atoms with E-state index < -0.39 is 282 Å². The Morgan fingerprint density at radius 3 is 1.21 bits per heavy atom. The van der Waals surface area contributed by atoms with Crippen LogP contribution in [0.4, 0.5) is 0 Å². The third kappa shape index (κ3) is 35.6. The Labute approximate surface area is 838 Å². The molecule has 3 saturated heterocycles. The van der Waals surface area contributed by atoms with Gasteiger partial charge in [-0.2, -0.15) is 0 Å². The van der Waals surface area contributed by atoms with E-state index in [0.717, 1.165) is 14.7 Å². The summed E-state index contributed by atoms with van der Waals surface area (Å²) in [6, 6.07) is -4.36. The van der Waals surface area contributed by atoms with Crippen molar-refractivity contribution in [1.29, 1.82) is 5.41 Å². The molecule has 3 aliphatic rings. The van der Waals surface area contributed by atoms with Crippen molar-refractivity contribution in [3.63, 3.8) is 0 Å². The number of carbonyl (C=O) groups is 20. The van der Waals surface area contributed by atoms with Gasteiger partial charge in [0.15, 0.2) is 5.96 Å². The highest BCUT2D eigenvalue weighted by Gasteiger charge is 2.47. The highest BCUT2D eigenvalue weighted by molar-refractivity contribution is 6.03. The minimum atomic E-state index is -1.95. The third-order valence-corrected chi connectivity index (χ3v) is 25.3. The predicted octanol–water partition coefficient (Wildman–Crippen LogP) is -5.87. The summed E-state index contributed by atoms with van der Waals surface area (Å²) in [6.07, 6.45) is -2.86. The van der Waals surface area contributed by atoms with Crippen LogP contribution < -0.4 is 103 Å².